The maximum atomic E-state index is 13.0. The molecule has 0 radical (unpaired) electrons. The molecule has 1 aromatic heterocycles. The van der Waals surface area contributed by atoms with E-state index in [0.29, 0.717) is 11.3 Å². The van der Waals surface area contributed by atoms with E-state index in [1.54, 1.807) is 18.2 Å². The maximum absolute atomic E-state index is 13.0. The Balaban J connectivity index is 1.71. The van der Waals surface area contributed by atoms with E-state index in [1.165, 1.54) is 0 Å². The van der Waals surface area contributed by atoms with Gasteiger partial charge in [-0.25, -0.2) is 0 Å². The Morgan fingerprint density at radius 1 is 1.12 bits per heavy atom. The summed E-state index contributed by atoms with van der Waals surface area (Å²) in [6.45, 7) is 0.763. The minimum Gasteiger partial charge on any atom is -0.506 e. The van der Waals surface area contributed by atoms with E-state index in [-0.39, 0.29) is 23.7 Å². The van der Waals surface area contributed by atoms with Crippen molar-refractivity contribution in [2.75, 3.05) is 11.9 Å². The van der Waals surface area contributed by atoms with Crippen LogP contribution in [0.4, 0.5) is 5.69 Å². The Kier molecular flexibility index (Phi) is 3.04. The van der Waals surface area contributed by atoms with Crippen LogP contribution < -0.4 is 5.32 Å². The van der Waals surface area contributed by atoms with Crippen molar-refractivity contribution in [3.63, 3.8) is 0 Å². The minimum atomic E-state index is -0.0582. The summed E-state index contributed by atoms with van der Waals surface area (Å²) in [7, 11) is 0. The van der Waals surface area contributed by atoms with E-state index in [9.17, 15) is 9.90 Å². The van der Waals surface area contributed by atoms with Gasteiger partial charge in [0.15, 0.2) is 0 Å². The molecule has 0 aliphatic carbocycles. The van der Waals surface area contributed by atoms with Crippen LogP contribution in [0.1, 0.15) is 34.8 Å². The monoisotopic (exact) mass is 333 g/mol. The Labute approximate surface area is 145 Å². The van der Waals surface area contributed by atoms with E-state index in [2.05, 4.69) is 22.4 Å². The van der Waals surface area contributed by atoms with Gasteiger partial charge in [-0.3, -0.25) is 4.79 Å². The first-order chi connectivity index (χ1) is 12.2. The molecule has 5 heteroatoms. The number of aromatic hydroxyl groups is 1. The average Bonchev–Trinajstić information content (AvgIpc) is 3.25. The number of carbonyl (C=O) groups is 1. The Hall–Kier alpha value is -2.95. The molecule has 25 heavy (non-hydrogen) atoms. The minimum absolute atomic E-state index is 0.00300. The number of para-hydroxylation sites is 2. The standard InChI is InChI=1S/C20H19N3O2/c24-17-9-3-6-13-19(17)22-18(16-8-4-10-23(16)20(13)25)14-11-21-15-7-2-1-5-12(14)15/h1-3,5-7,9,11,16,18,21-22,24H,4,8,10H2/t16-,18?/m0/s1. The van der Waals surface area contributed by atoms with E-state index < -0.39 is 0 Å². The molecule has 5 rings (SSSR count). The first-order valence-electron chi connectivity index (χ1n) is 8.69. The molecule has 2 atom stereocenters. The zero-order valence-electron chi connectivity index (χ0n) is 13.7. The number of carbonyl (C=O) groups excluding carboxylic acids is 1. The summed E-state index contributed by atoms with van der Waals surface area (Å²) in [6.07, 6.45) is 3.98. The molecule has 0 bridgehead atoms. The van der Waals surface area contributed by atoms with E-state index in [0.717, 1.165) is 35.9 Å². The van der Waals surface area contributed by atoms with Crippen molar-refractivity contribution < 1.29 is 9.90 Å². The van der Waals surface area contributed by atoms with Crippen LogP contribution in [0.3, 0.4) is 0 Å². The van der Waals surface area contributed by atoms with Gasteiger partial charge in [0.2, 0.25) is 0 Å². The molecule has 1 amide bonds. The predicted molar refractivity (Wildman–Crippen MR) is 96.8 cm³/mol. The second-order valence-corrected chi connectivity index (χ2v) is 6.82. The number of phenols is 1. The van der Waals surface area contributed by atoms with Gasteiger partial charge in [0.25, 0.3) is 5.91 Å². The summed E-state index contributed by atoms with van der Waals surface area (Å²) < 4.78 is 0. The Morgan fingerprint density at radius 2 is 2.00 bits per heavy atom. The second-order valence-electron chi connectivity index (χ2n) is 6.82. The normalized spacial score (nSPS) is 22.4. The highest BCUT2D eigenvalue weighted by Crippen LogP contribution is 2.42. The lowest BCUT2D eigenvalue weighted by atomic mass is 9.97. The smallest absolute Gasteiger partial charge is 0.256 e. The summed E-state index contributed by atoms with van der Waals surface area (Å²) in [5, 5.41) is 15.0. The molecule has 1 fully saturated rings. The number of aromatic amines is 1. The van der Waals surface area contributed by atoms with Crippen LogP contribution in [0, 0.1) is 0 Å². The van der Waals surface area contributed by atoms with Crippen molar-refractivity contribution in [1.29, 1.82) is 0 Å². The molecule has 2 aliphatic heterocycles. The van der Waals surface area contributed by atoms with Crippen molar-refractivity contribution in [2.45, 2.75) is 24.9 Å². The first kappa shape index (κ1) is 14.4. The highest BCUT2D eigenvalue weighted by molar-refractivity contribution is 6.02. The number of fused-ring (bicyclic) bond motifs is 3. The molecule has 5 nitrogen and oxygen atoms in total. The van der Waals surface area contributed by atoms with Crippen molar-refractivity contribution in [3.8, 4) is 5.75 Å². The summed E-state index contributed by atoms with van der Waals surface area (Å²) in [5.74, 6) is 0.125. The number of benzene rings is 2. The number of hydrogen-bond acceptors (Lipinski definition) is 3. The second kappa shape index (κ2) is 5.28. The zero-order chi connectivity index (χ0) is 17.0. The number of hydrogen-bond donors (Lipinski definition) is 3. The fraction of sp³-hybridized carbons (Fsp3) is 0.250. The number of rotatable bonds is 1. The molecular weight excluding hydrogens is 314 g/mol. The van der Waals surface area contributed by atoms with Crippen LogP contribution in [-0.4, -0.2) is 33.5 Å². The lowest BCUT2D eigenvalue weighted by Crippen LogP contribution is -2.38. The van der Waals surface area contributed by atoms with Gasteiger partial charge in [-0.05, 0) is 31.0 Å². The number of nitrogens with one attached hydrogen (secondary N) is 2. The van der Waals surface area contributed by atoms with Gasteiger partial charge in [-0.1, -0.05) is 24.3 Å². The topological polar surface area (TPSA) is 68.4 Å². The molecule has 0 saturated carbocycles. The molecule has 3 aromatic rings. The molecule has 3 heterocycles. The van der Waals surface area contributed by atoms with E-state index in [4.69, 9.17) is 0 Å². The molecule has 0 spiro atoms. The Morgan fingerprint density at radius 3 is 2.92 bits per heavy atom. The lowest BCUT2D eigenvalue weighted by Gasteiger charge is -2.29. The van der Waals surface area contributed by atoms with Gasteiger partial charge in [0.05, 0.1) is 23.3 Å². The predicted octanol–water partition coefficient (Wildman–Crippen LogP) is 3.64. The molecule has 126 valence electrons. The number of phenolic OH excluding ortho intramolecular Hbond substituents is 1. The first-order valence-corrected chi connectivity index (χ1v) is 8.69. The molecule has 3 N–H and O–H groups in total. The maximum Gasteiger partial charge on any atom is 0.256 e. The Bertz CT molecular complexity index is 978. The van der Waals surface area contributed by atoms with Crippen LogP contribution in [0.15, 0.2) is 48.7 Å². The van der Waals surface area contributed by atoms with Crippen LogP contribution in [-0.2, 0) is 0 Å². The quantitative estimate of drug-likeness (QED) is 0.596. The molecular formula is C20H19N3O2. The van der Waals surface area contributed by atoms with Gasteiger partial charge in [-0.2, -0.15) is 0 Å². The van der Waals surface area contributed by atoms with Crippen molar-refractivity contribution >= 4 is 22.5 Å². The van der Waals surface area contributed by atoms with E-state index in [1.807, 2.05) is 23.2 Å². The van der Waals surface area contributed by atoms with Gasteiger partial charge in [-0.15, -0.1) is 0 Å². The fourth-order valence-corrected chi connectivity index (χ4v) is 4.30. The molecule has 1 saturated heterocycles. The van der Waals surface area contributed by atoms with Gasteiger partial charge in [0, 0.05) is 29.2 Å². The summed E-state index contributed by atoms with van der Waals surface area (Å²) in [4.78, 5) is 18.3. The number of aromatic nitrogens is 1. The highest BCUT2D eigenvalue weighted by atomic mass is 16.3. The van der Waals surface area contributed by atoms with Crippen LogP contribution in [0.25, 0.3) is 10.9 Å². The van der Waals surface area contributed by atoms with Crippen LogP contribution in [0.5, 0.6) is 5.75 Å². The van der Waals surface area contributed by atoms with Crippen molar-refractivity contribution in [1.82, 2.24) is 9.88 Å². The largest absolute Gasteiger partial charge is 0.506 e. The summed E-state index contributed by atoms with van der Waals surface area (Å²) in [6, 6.07) is 13.4. The summed E-state index contributed by atoms with van der Waals surface area (Å²) >= 11 is 0. The zero-order valence-corrected chi connectivity index (χ0v) is 13.7. The van der Waals surface area contributed by atoms with Gasteiger partial charge < -0.3 is 20.3 Å². The van der Waals surface area contributed by atoms with Gasteiger partial charge >= 0.3 is 0 Å². The third-order valence-corrected chi connectivity index (χ3v) is 5.47. The highest BCUT2D eigenvalue weighted by Gasteiger charge is 2.41. The third kappa shape index (κ3) is 2.05. The van der Waals surface area contributed by atoms with Crippen LogP contribution in [0.2, 0.25) is 0 Å². The molecule has 2 aliphatic rings. The number of H-pyrrole nitrogens is 1. The van der Waals surface area contributed by atoms with Crippen LogP contribution >= 0.6 is 0 Å². The lowest BCUT2D eigenvalue weighted by molar-refractivity contribution is 0.0731. The fourth-order valence-electron chi connectivity index (χ4n) is 4.30. The van der Waals surface area contributed by atoms with Crippen molar-refractivity contribution in [2.24, 2.45) is 0 Å². The summed E-state index contributed by atoms with van der Waals surface area (Å²) in [5.41, 5.74) is 3.31. The number of amides is 1. The number of anilines is 1. The molecule has 1 unspecified atom stereocenters. The van der Waals surface area contributed by atoms with Gasteiger partial charge in [0.1, 0.15) is 5.75 Å². The van der Waals surface area contributed by atoms with E-state index >= 15 is 0 Å². The third-order valence-electron chi connectivity index (χ3n) is 5.47. The number of nitrogens with zero attached hydrogens (tertiary/aromatic N) is 1. The molecule has 2 aromatic carbocycles. The average molecular weight is 333 g/mol. The SMILES string of the molecule is O=C1c2cccc(O)c2NC(c2c[nH]c3ccccc23)[C@@H]2CCCN12. The van der Waals surface area contributed by atoms with Crippen molar-refractivity contribution in [3.05, 3.63) is 59.8 Å².